The first-order valence-electron chi connectivity index (χ1n) is 6.07. The van der Waals surface area contributed by atoms with E-state index in [1.165, 1.54) is 0 Å². The predicted octanol–water partition coefficient (Wildman–Crippen LogP) is 1.47. The highest BCUT2D eigenvalue weighted by atomic mass is 16.5. The molecule has 1 fully saturated rings. The highest BCUT2D eigenvalue weighted by Crippen LogP contribution is 2.20. The van der Waals surface area contributed by atoms with Crippen LogP contribution in [0.15, 0.2) is 0 Å². The van der Waals surface area contributed by atoms with Gasteiger partial charge < -0.3 is 10.5 Å². The van der Waals surface area contributed by atoms with Crippen LogP contribution in [0.1, 0.15) is 45.3 Å². The van der Waals surface area contributed by atoms with Crippen LogP contribution in [0.4, 0.5) is 5.95 Å². The standard InChI is InChI=1S/C12H20N4O/c1-12(2,3)10-14-9(15-11(13)16-10)7-8-5-4-6-17-8/h8H,4-7H2,1-3H3,(H2,13,14,15,16). The van der Waals surface area contributed by atoms with Crippen molar-refractivity contribution in [1.29, 1.82) is 0 Å². The summed E-state index contributed by atoms with van der Waals surface area (Å²) in [4.78, 5) is 12.9. The highest BCUT2D eigenvalue weighted by Gasteiger charge is 2.22. The molecule has 5 heteroatoms. The number of nitrogen functional groups attached to an aromatic ring is 1. The van der Waals surface area contributed by atoms with E-state index in [1.807, 2.05) is 0 Å². The van der Waals surface area contributed by atoms with Crippen LogP contribution in [0.5, 0.6) is 0 Å². The monoisotopic (exact) mass is 236 g/mol. The van der Waals surface area contributed by atoms with Gasteiger partial charge in [0.1, 0.15) is 11.6 Å². The SMILES string of the molecule is CC(C)(C)c1nc(N)nc(CC2CCCO2)n1. The van der Waals surface area contributed by atoms with E-state index in [9.17, 15) is 0 Å². The molecule has 1 unspecified atom stereocenters. The number of anilines is 1. The van der Waals surface area contributed by atoms with Crippen LogP contribution >= 0.6 is 0 Å². The molecule has 0 bridgehead atoms. The van der Waals surface area contributed by atoms with Gasteiger partial charge in [0, 0.05) is 18.4 Å². The third-order valence-corrected chi connectivity index (χ3v) is 2.80. The van der Waals surface area contributed by atoms with Crippen molar-refractivity contribution in [3.8, 4) is 0 Å². The van der Waals surface area contributed by atoms with E-state index >= 15 is 0 Å². The Bertz CT molecular complexity index is 394. The normalized spacial score (nSPS) is 20.8. The Morgan fingerprint density at radius 2 is 2.06 bits per heavy atom. The van der Waals surface area contributed by atoms with Gasteiger partial charge in [0.25, 0.3) is 0 Å². The topological polar surface area (TPSA) is 73.9 Å². The molecule has 0 aliphatic carbocycles. The van der Waals surface area contributed by atoms with E-state index in [-0.39, 0.29) is 11.5 Å². The molecule has 2 rings (SSSR count). The number of ether oxygens (including phenoxy) is 1. The second-order valence-corrected chi connectivity index (χ2v) is 5.52. The van der Waals surface area contributed by atoms with Gasteiger partial charge in [0.05, 0.1) is 6.10 Å². The van der Waals surface area contributed by atoms with E-state index in [0.717, 1.165) is 37.5 Å². The van der Waals surface area contributed by atoms with Crippen molar-refractivity contribution in [3.63, 3.8) is 0 Å². The number of hydrogen-bond acceptors (Lipinski definition) is 5. The first-order chi connectivity index (χ1) is 7.95. The summed E-state index contributed by atoms with van der Waals surface area (Å²) < 4.78 is 5.58. The van der Waals surface area contributed by atoms with Crippen LogP contribution < -0.4 is 5.73 Å². The average Bonchev–Trinajstić information content (AvgIpc) is 2.68. The van der Waals surface area contributed by atoms with Gasteiger partial charge in [-0.15, -0.1) is 0 Å². The first kappa shape index (κ1) is 12.2. The van der Waals surface area contributed by atoms with Crippen molar-refractivity contribution < 1.29 is 4.74 Å². The Labute approximate surface area is 102 Å². The summed E-state index contributed by atoms with van der Waals surface area (Å²) in [7, 11) is 0. The van der Waals surface area contributed by atoms with Gasteiger partial charge in [-0.1, -0.05) is 20.8 Å². The molecule has 5 nitrogen and oxygen atoms in total. The maximum Gasteiger partial charge on any atom is 0.223 e. The molecule has 94 valence electrons. The van der Waals surface area contributed by atoms with Gasteiger partial charge in [-0.3, -0.25) is 0 Å². The summed E-state index contributed by atoms with van der Waals surface area (Å²) in [6.07, 6.45) is 3.17. The second-order valence-electron chi connectivity index (χ2n) is 5.52. The molecule has 1 aliphatic rings. The molecular formula is C12H20N4O. The predicted molar refractivity (Wildman–Crippen MR) is 65.6 cm³/mol. The Hall–Kier alpha value is -1.23. The van der Waals surface area contributed by atoms with Crippen LogP contribution in [0.3, 0.4) is 0 Å². The van der Waals surface area contributed by atoms with Crippen molar-refractivity contribution in [2.45, 2.75) is 51.6 Å². The lowest BCUT2D eigenvalue weighted by atomic mass is 9.96. The third kappa shape index (κ3) is 3.12. The van der Waals surface area contributed by atoms with E-state index in [0.29, 0.717) is 5.95 Å². The minimum Gasteiger partial charge on any atom is -0.378 e. The van der Waals surface area contributed by atoms with E-state index in [2.05, 4.69) is 35.7 Å². The van der Waals surface area contributed by atoms with Crippen molar-refractivity contribution in [2.75, 3.05) is 12.3 Å². The fourth-order valence-corrected chi connectivity index (χ4v) is 1.87. The molecular weight excluding hydrogens is 216 g/mol. The van der Waals surface area contributed by atoms with Crippen LogP contribution in [0, 0.1) is 0 Å². The number of nitrogens with two attached hydrogens (primary N) is 1. The fourth-order valence-electron chi connectivity index (χ4n) is 1.87. The molecule has 1 saturated heterocycles. The summed E-state index contributed by atoms with van der Waals surface area (Å²) in [6.45, 7) is 7.05. The quantitative estimate of drug-likeness (QED) is 0.841. The van der Waals surface area contributed by atoms with Gasteiger partial charge >= 0.3 is 0 Å². The molecule has 1 atom stereocenters. The highest BCUT2D eigenvalue weighted by molar-refractivity contribution is 5.19. The lowest BCUT2D eigenvalue weighted by Crippen LogP contribution is -2.21. The molecule has 17 heavy (non-hydrogen) atoms. The minimum absolute atomic E-state index is 0.109. The molecule has 1 aliphatic heterocycles. The zero-order valence-corrected chi connectivity index (χ0v) is 10.7. The second kappa shape index (κ2) is 4.56. The first-order valence-corrected chi connectivity index (χ1v) is 6.07. The van der Waals surface area contributed by atoms with Gasteiger partial charge in [-0.2, -0.15) is 9.97 Å². The van der Waals surface area contributed by atoms with E-state index < -0.39 is 0 Å². The lowest BCUT2D eigenvalue weighted by Gasteiger charge is -2.17. The Morgan fingerprint density at radius 3 is 2.65 bits per heavy atom. The number of hydrogen-bond donors (Lipinski definition) is 1. The summed E-state index contributed by atoms with van der Waals surface area (Å²) in [6, 6.07) is 0. The van der Waals surface area contributed by atoms with Crippen LogP contribution in [-0.4, -0.2) is 27.7 Å². The summed E-state index contributed by atoms with van der Waals surface area (Å²) in [5.74, 6) is 1.80. The zero-order valence-electron chi connectivity index (χ0n) is 10.7. The van der Waals surface area contributed by atoms with Crippen molar-refractivity contribution in [3.05, 3.63) is 11.6 Å². The molecule has 0 amide bonds. The Morgan fingerprint density at radius 1 is 1.29 bits per heavy atom. The Kier molecular flexibility index (Phi) is 3.28. The molecule has 0 spiro atoms. The van der Waals surface area contributed by atoms with Crippen LogP contribution in [-0.2, 0) is 16.6 Å². The molecule has 1 aromatic heterocycles. The molecule has 2 N–H and O–H groups in total. The maximum atomic E-state index is 5.73. The average molecular weight is 236 g/mol. The molecule has 0 radical (unpaired) electrons. The maximum absolute atomic E-state index is 5.73. The summed E-state index contributed by atoms with van der Waals surface area (Å²) in [5.41, 5.74) is 5.62. The number of aromatic nitrogens is 3. The van der Waals surface area contributed by atoms with Crippen molar-refractivity contribution in [1.82, 2.24) is 15.0 Å². The Balaban J connectivity index is 2.19. The number of rotatable bonds is 2. The largest absolute Gasteiger partial charge is 0.378 e. The van der Waals surface area contributed by atoms with Gasteiger partial charge in [0.15, 0.2) is 0 Å². The molecule has 0 saturated carbocycles. The van der Waals surface area contributed by atoms with Gasteiger partial charge in [-0.25, -0.2) is 4.98 Å². The van der Waals surface area contributed by atoms with Gasteiger partial charge in [-0.05, 0) is 12.8 Å². The molecule has 0 aromatic carbocycles. The van der Waals surface area contributed by atoms with Crippen LogP contribution in [0.25, 0.3) is 0 Å². The molecule has 2 heterocycles. The third-order valence-electron chi connectivity index (χ3n) is 2.80. The smallest absolute Gasteiger partial charge is 0.223 e. The lowest BCUT2D eigenvalue weighted by molar-refractivity contribution is 0.109. The molecule has 1 aromatic rings. The van der Waals surface area contributed by atoms with Gasteiger partial charge in [0.2, 0.25) is 5.95 Å². The van der Waals surface area contributed by atoms with Crippen molar-refractivity contribution in [2.24, 2.45) is 0 Å². The summed E-state index contributed by atoms with van der Waals surface area (Å²) in [5, 5.41) is 0. The number of nitrogens with zero attached hydrogens (tertiary/aromatic N) is 3. The fraction of sp³-hybridized carbons (Fsp3) is 0.750. The van der Waals surface area contributed by atoms with E-state index in [4.69, 9.17) is 10.5 Å². The van der Waals surface area contributed by atoms with Crippen LogP contribution in [0.2, 0.25) is 0 Å². The zero-order chi connectivity index (χ0) is 12.5. The minimum atomic E-state index is -0.109. The van der Waals surface area contributed by atoms with E-state index in [1.54, 1.807) is 0 Å². The summed E-state index contributed by atoms with van der Waals surface area (Å²) >= 11 is 0. The van der Waals surface area contributed by atoms with Crippen molar-refractivity contribution >= 4 is 5.95 Å².